The number of hydrogen-bond donors (Lipinski definition) is 1. The third-order valence-corrected chi connectivity index (χ3v) is 4.70. The molecule has 4 heteroatoms. The van der Waals surface area contributed by atoms with E-state index in [2.05, 4.69) is 29.2 Å². The standard InChI is InChI=1S/C17H24N2O2/c1-17(2,3)19(16(20)21)15-13-10-18(11-14(13)15)9-12-7-5-4-6-8-12/h4-8,13-15H,9-11H2,1-3H3,(H,20,21). The van der Waals surface area contributed by atoms with Gasteiger partial charge in [0.1, 0.15) is 0 Å². The molecule has 114 valence electrons. The fourth-order valence-electron chi connectivity index (χ4n) is 3.80. The molecular weight excluding hydrogens is 264 g/mol. The molecule has 1 aliphatic carbocycles. The van der Waals surface area contributed by atoms with E-state index >= 15 is 0 Å². The van der Waals surface area contributed by atoms with E-state index in [1.165, 1.54) is 5.56 Å². The Balaban J connectivity index is 1.60. The fraction of sp³-hybridized carbons (Fsp3) is 0.588. The van der Waals surface area contributed by atoms with Gasteiger partial charge in [0.2, 0.25) is 0 Å². The van der Waals surface area contributed by atoms with Gasteiger partial charge in [-0.25, -0.2) is 4.79 Å². The van der Waals surface area contributed by atoms with Crippen LogP contribution in [0.4, 0.5) is 4.79 Å². The highest BCUT2D eigenvalue weighted by Crippen LogP contribution is 2.51. The van der Waals surface area contributed by atoms with Crippen LogP contribution in [0, 0.1) is 11.8 Å². The van der Waals surface area contributed by atoms with Gasteiger partial charge in [-0.05, 0) is 38.2 Å². The Bertz CT molecular complexity index is 511. The maximum atomic E-state index is 11.5. The molecule has 0 spiro atoms. The van der Waals surface area contributed by atoms with Gasteiger partial charge in [0.15, 0.2) is 0 Å². The third-order valence-electron chi connectivity index (χ3n) is 4.70. The minimum atomic E-state index is -0.781. The normalized spacial score (nSPS) is 28.2. The summed E-state index contributed by atoms with van der Waals surface area (Å²) in [6, 6.07) is 10.7. The summed E-state index contributed by atoms with van der Waals surface area (Å²) < 4.78 is 0. The van der Waals surface area contributed by atoms with Gasteiger partial charge in [0, 0.05) is 31.2 Å². The van der Waals surface area contributed by atoms with Gasteiger partial charge in [0.25, 0.3) is 0 Å². The summed E-state index contributed by atoms with van der Waals surface area (Å²) >= 11 is 0. The monoisotopic (exact) mass is 288 g/mol. The average Bonchev–Trinajstić information content (AvgIpc) is 2.84. The first-order valence-corrected chi connectivity index (χ1v) is 7.66. The molecule has 2 unspecified atom stereocenters. The summed E-state index contributed by atoms with van der Waals surface area (Å²) in [5.41, 5.74) is 1.02. The van der Waals surface area contributed by atoms with Crippen molar-refractivity contribution in [2.45, 2.75) is 38.9 Å². The van der Waals surface area contributed by atoms with Crippen LogP contribution < -0.4 is 0 Å². The summed E-state index contributed by atoms with van der Waals surface area (Å²) in [7, 11) is 0. The second kappa shape index (κ2) is 5.02. The molecule has 21 heavy (non-hydrogen) atoms. The molecule has 1 amide bonds. The lowest BCUT2D eigenvalue weighted by Gasteiger charge is -2.35. The first kappa shape index (κ1) is 14.4. The summed E-state index contributed by atoms with van der Waals surface area (Å²) in [5, 5.41) is 9.49. The minimum Gasteiger partial charge on any atom is -0.465 e. The van der Waals surface area contributed by atoms with Crippen LogP contribution in [-0.4, -0.2) is 45.7 Å². The number of hydrogen-bond acceptors (Lipinski definition) is 2. The molecule has 1 saturated carbocycles. The fourth-order valence-corrected chi connectivity index (χ4v) is 3.80. The van der Waals surface area contributed by atoms with Crippen molar-refractivity contribution in [3.63, 3.8) is 0 Å². The van der Waals surface area contributed by atoms with Crippen molar-refractivity contribution in [2.75, 3.05) is 13.1 Å². The lowest BCUT2D eigenvalue weighted by Crippen LogP contribution is -2.49. The second-order valence-electron chi connectivity index (χ2n) is 7.32. The van der Waals surface area contributed by atoms with E-state index in [0.717, 1.165) is 19.6 Å². The minimum absolute atomic E-state index is 0.217. The zero-order valence-electron chi connectivity index (χ0n) is 13.0. The summed E-state index contributed by atoms with van der Waals surface area (Å²) in [4.78, 5) is 15.7. The van der Waals surface area contributed by atoms with E-state index in [-0.39, 0.29) is 11.6 Å². The number of fused-ring (bicyclic) bond motifs is 1. The number of nitrogens with zero attached hydrogens (tertiary/aromatic N) is 2. The van der Waals surface area contributed by atoms with Crippen molar-refractivity contribution in [1.29, 1.82) is 0 Å². The highest BCUT2D eigenvalue weighted by molar-refractivity contribution is 5.67. The number of benzene rings is 1. The summed E-state index contributed by atoms with van der Waals surface area (Å²) in [6.45, 7) is 8.96. The molecule has 0 bridgehead atoms. The van der Waals surface area contributed by atoms with Crippen LogP contribution in [0.3, 0.4) is 0 Å². The Hall–Kier alpha value is -1.55. The average molecular weight is 288 g/mol. The van der Waals surface area contributed by atoms with Gasteiger partial charge >= 0.3 is 6.09 Å². The van der Waals surface area contributed by atoms with Crippen molar-refractivity contribution in [2.24, 2.45) is 11.8 Å². The topological polar surface area (TPSA) is 43.8 Å². The smallest absolute Gasteiger partial charge is 0.408 e. The summed E-state index contributed by atoms with van der Waals surface area (Å²) in [6.07, 6.45) is -0.781. The summed E-state index contributed by atoms with van der Waals surface area (Å²) in [5.74, 6) is 1.04. The van der Waals surface area contributed by atoms with Crippen molar-refractivity contribution in [3.05, 3.63) is 35.9 Å². The molecule has 2 fully saturated rings. The molecule has 0 aromatic heterocycles. The van der Waals surface area contributed by atoms with E-state index in [0.29, 0.717) is 11.8 Å². The molecule has 1 aromatic carbocycles. The lowest BCUT2D eigenvalue weighted by molar-refractivity contribution is 0.0811. The van der Waals surface area contributed by atoms with Crippen LogP contribution in [0.2, 0.25) is 0 Å². The molecule has 1 aromatic rings. The van der Waals surface area contributed by atoms with E-state index in [4.69, 9.17) is 0 Å². The first-order chi connectivity index (χ1) is 9.88. The van der Waals surface area contributed by atoms with Gasteiger partial charge < -0.3 is 5.11 Å². The highest BCUT2D eigenvalue weighted by Gasteiger charge is 2.61. The van der Waals surface area contributed by atoms with Gasteiger partial charge in [0.05, 0.1) is 0 Å². The van der Waals surface area contributed by atoms with E-state index in [9.17, 15) is 9.90 Å². The maximum Gasteiger partial charge on any atom is 0.408 e. The van der Waals surface area contributed by atoms with Crippen LogP contribution in [0.5, 0.6) is 0 Å². The molecule has 2 atom stereocenters. The lowest BCUT2D eigenvalue weighted by atomic mass is 10.1. The molecule has 1 saturated heterocycles. The zero-order chi connectivity index (χ0) is 15.2. The quantitative estimate of drug-likeness (QED) is 0.930. The third kappa shape index (κ3) is 2.77. The van der Waals surface area contributed by atoms with Crippen molar-refractivity contribution >= 4 is 6.09 Å². The Morgan fingerprint density at radius 1 is 1.24 bits per heavy atom. The molecule has 1 aliphatic heterocycles. The second-order valence-corrected chi connectivity index (χ2v) is 7.32. The molecule has 1 N–H and O–H groups in total. The van der Waals surface area contributed by atoms with Crippen LogP contribution in [0.15, 0.2) is 30.3 Å². The Morgan fingerprint density at radius 3 is 2.29 bits per heavy atom. The zero-order valence-corrected chi connectivity index (χ0v) is 13.0. The van der Waals surface area contributed by atoms with Gasteiger partial charge in [-0.1, -0.05) is 30.3 Å². The number of amides is 1. The first-order valence-electron chi connectivity index (χ1n) is 7.66. The highest BCUT2D eigenvalue weighted by atomic mass is 16.4. The Morgan fingerprint density at radius 2 is 1.81 bits per heavy atom. The van der Waals surface area contributed by atoms with Crippen molar-refractivity contribution in [3.8, 4) is 0 Å². The van der Waals surface area contributed by atoms with Gasteiger partial charge in [-0.15, -0.1) is 0 Å². The molecule has 1 heterocycles. The van der Waals surface area contributed by atoms with Crippen LogP contribution >= 0.6 is 0 Å². The number of rotatable bonds is 3. The van der Waals surface area contributed by atoms with E-state index < -0.39 is 6.09 Å². The van der Waals surface area contributed by atoms with E-state index in [1.54, 1.807) is 4.90 Å². The number of piperidine rings is 1. The van der Waals surface area contributed by atoms with Crippen LogP contribution in [0.25, 0.3) is 0 Å². The molecule has 0 radical (unpaired) electrons. The van der Waals surface area contributed by atoms with Crippen molar-refractivity contribution < 1.29 is 9.90 Å². The van der Waals surface area contributed by atoms with Crippen LogP contribution in [0.1, 0.15) is 26.3 Å². The molecule has 4 nitrogen and oxygen atoms in total. The van der Waals surface area contributed by atoms with Gasteiger partial charge in [-0.3, -0.25) is 9.80 Å². The molecule has 3 rings (SSSR count). The Kier molecular flexibility index (Phi) is 3.44. The predicted molar refractivity (Wildman–Crippen MR) is 82.1 cm³/mol. The number of likely N-dealkylation sites (tertiary alicyclic amines) is 1. The van der Waals surface area contributed by atoms with Crippen LogP contribution in [-0.2, 0) is 6.54 Å². The van der Waals surface area contributed by atoms with Crippen molar-refractivity contribution in [1.82, 2.24) is 9.80 Å². The number of carboxylic acid groups (broad SMARTS) is 1. The predicted octanol–water partition coefficient (Wildman–Crippen LogP) is 2.90. The molecular formula is C17H24N2O2. The van der Waals surface area contributed by atoms with Gasteiger partial charge in [-0.2, -0.15) is 0 Å². The number of carbonyl (C=O) groups is 1. The Labute approximate surface area is 126 Å². The van der Waals surface area contributed by atoms with E-state index in [1.807, 2.05) is 26.8 Å². The SMILES string of the molecule is CC(C)(C)N(C(=O)O)C1C2CN(Cc3ccccc3)CC21. The largest absolute Gasteiger partial charge is 0.465 e. The maximum absolute atomic E-state index is 11.5. The molecule has 2 aliphatic rings.